The summed E-state index contributed by atoms with van der Waals surface area (Å²) in [4.78, 5) is 13.7. The summed E-state index contributed by atoms with van der Waals surface area (Å²) >= 11 is 0. The van der Waals surface area contributed by atoms with E-state index in [4.69, 9.17) is 4.74 Å². The Hall–Kier alpha value is -1.89. The van der Waals surface area contributed by atoms with Gasteiger partial charge >= 0.3 is 12.6 Å². The highest BCUT2D eigenvalue weighted by Crippen LogP contribution is 2.17. The van der Waals surface area contributed by atoms with Crippen molar-refractivity contribution < 1.29 is 23.0 Å². The van der Waals surface area contributed by atoms with Crippen LogP contribution in [-0.2, 0) is 11.3 Å². The lowest BCUT2D eigenvalue weighted by atomic mass is 10.1. The molecule has 2 rings (SSSR count). The normalized spacial score (nSPS) is 18.7. The molecule has 1 N–H and O–H groups in total. The Morgan fingerprint density at radius 3 is 2.70 bits per heavy atom. The minimum atomic E-state index is -2.84. The predicted octanol–water partition coefficient (Wildman–Crippen LogP) is 3.00. The molecule has 0 aromatic heterocycles. The van der Waals surface area contributed by atoms with Crippen LogP contribution in [0.4, 0.5) is 13.6 Å². The van der Waals surface area contributed by atoms with Crippen molar-refractivity contribution in [2.75, 3.05) is 13.7 Å². The molecule has 1 fully saturated rings. The Morgan fingerprint density at radius 1 is 1.43 bits per heavy atom. The van der Waals surface area contributed by atoms with Crippen LogP contribution >= 0.6 is 0 Å². The van der Waals surface area contributed by atoms with Crippen LogP contribution in [-0.4, -0.2) is 43.3 Å². The number of amides is 2. The summed E-state index contributed by atoms with van der Waals surface area (Å²) in [5.74, 6) is 0.0999. The first-order valence-electron chi connectivity index (χ1n) is 7.62. The molecule has 128 valence electrons. The third-order valence-corrected chi connectivity index (χ3v) is 3.79. The molecule has 5 nitrogen and oxygen atoms in total. The van der Waals surface area contributed by atoms with Crippen LogP contribution < -0.4 is 10.1 Å². The van der Waals surface area contributed by atoms with E-state index in [-0.39, 0.29) is 23.9 Å². The van der Waals surface area contributed by atoms with Crippen LogP contribution in [0.25, 0.3) is 0 Å². The van der Waals surface area contributed by atoms with E-state index in [0.29, 0.717) is 6.54 Å². The molecule has 0 aliphatic carbocycles. The van der Waals surface area contributed by atoms with E-state index in [1.807, 2.05) is 6.92 Å². The summed E-state index contributed by atoms with van der Waals surface area (Å²) in [5.41, 5.74) is 0.828. The largest absolute Gasteiger partial charge is 0.435 e. The smallest absolute Gasteiger partial charge is 0.387 e. The molecule has 1 aliphatic rings. The van der Waals surface area contributed by atoms with Crippen LogP contribution in [0.15, 0.2) is 24.3 Å². The summed E-state index contributed by atoms with van der Waals surface area (Å²) in [7, 11) is 1.68. The molecule has 1 saturated heterocycles. The number of rotatable bonds is 6. The lowest BCUT2D eigenvalue weighted by Crippen LogP contribution is -2.46. The first kappa shape index (κ1) is 17.5. The number of nitrogens with one attached hydrogen (secondary N) is 1. The molecule has 7 heteroatoms. The van der Waals surface area contributed by atoms with Gasteiger partial charge in [-0.3, -0.25) is 0 Å². The zero-order valence-corrected chi connectivity index (χ0v) is 13.3. The number of ether oxygens (including phenoxy) is 2. The number of benzene rings is 1. The third kappa shape index (κ3) is 5.35. The molecule has 2 amide bonds. The van der Waals surface area contributed by atoms with Crippen molar-refractivity contribution in [3.8, 4) is 5.75 Å². The van der Waals surface area contributed by atoms with E-state index in [0.717, 1.165) is 25.0 Å². The van der Waals surface area contributed by atoms with Crippen molar-refractivity contribution in [3.63, 3.8) is 0 Å². The van der Waals surface area contributed by atoms with Crippen LogP contribution in [0.3, 0.4) is 0 Å². The van der Waals surface area contributed by atoms with E-state index in [1.165, 1.54) is 17.0 Å². The number of alkyl halides is 2. The standard InChI is InChI=1S/C16H22F2N2O3/c1-11(14-4-3-9-22-14)19-16(21)20(2)10-12-5-7-13(8-6-12)23-15(17)18/h5-8,11,14-15H,3-4,9-10H2,1-2H3,(H,19,21). The van der Waals surface area contributed by atoms with E-state index >= 15 is 0 Å². The first-order chi connectivity index (χ1) is 11.0. The van der Waals surface area contributed by atoms with Gasteiger partial charge in [0.15, 0.2) is 0 Å². The van der Waals surface area contributed by atoms with E-state index in [2.05, 4.69) is 10.1 Å². The highest BCUT2D eigenvalue weighted by molar-refractivity contribution is 5.74. The van der Waals surface area contributed by atoms with Crippen molar-refractivity contribution in [1.82, 2.24) is 10.2 Å². The van der Waals surface area contributed by atoms with Gasteiger partial charge in [0.05, 0.1) is 12.1 Å². The highest BCUT2D eigenvalue weighted by Gasteiger charge is 2.24. The topological polar surface area (TPSA) is 50.8 Å². The average Bonchev–Trinajstić information content (AvgIpc) is 3.03. The van der Waals surface area contributed by atoms with Gasteiger partial charge in [0.25, 0.3) is 0 Å². The first-order valence-corrected chi connectivity index (χ1v) is 7.62. The second-order valence-electron chi connectivity index (χ2n) is 5.67. The van der Waals surface area contributed by atoms with Gasteiger partial charge in [-0.15, -0.1) is 0 Å². The quantitative estimate of drug-likeness (QED) is 0.873. The van der Waals surface area contributed by atoms with Crippen molar-refractivity contribution in [1.29, 1.82) is 0 Å². The molecule has 0 radical (unpaired) electrons. The number of nitrogens with zero attached hydrogens (tertiary/aromatic N) is 1. The van der Waals surface area contributed by atoms with Crippen LogP contribution in [0, 0.1) is 0 Å². The SMILES string of the molecule is CC(NC(=O)N(C)Cc1ccc(OC(F)F)cc1)C1CCCO1. The number of urea groups is 1. The van der Waals surface area contributed by atoms with Gasteiger partial charge in [-0.25, -0.2) is 4.79 Å². The fourth-order valence-corrected chi connectivity index (χ4v) is 2.52. The molecule has 2 unspecified atom stereocenters. The number of hydrogen-bond donors (Lipinski definition) is 1. The van der Waals surface area contributed by atoms with Crippen LogP contribution in [0.2, 0.25) is 0 Å². The second kappa shape index (κ2) is 8.10. The molecular weight excluding hydrogens is 306 g/mol. The number of carbonyl (C=O) groups is 1. The van der Waals surface area contributed by atoms with Crippen LogP contribution in [0.1, 0.15) is 25.3 Å². The van der Waals surface area contributed by atoms with Gasteiger partial charge in [-0.1, -0.05) is 12.1 Å². The van der Waals surface area contributed by atoms with Gasteiger partial charge in [-0.05, 0) is 37.5 Å². The Labute approximate surface area is 134 Å². The minimum absolute atomic E-state index is 0.0470. The molecule has 0 saturated carbocycles. The third-order valence-electron chi connectivity index (χ3n) is 3.79. The van der Waals surface area contributed by atoms with Crippen molar-refractivity contribution in [2.45, 2.75) is 45.1 Å². The second-order valence-corrected chi connectivity index (χ2v) is 5.67. The Morgan fingerprint density at radius 2 is 2.13 bits per heavy atom. The molecule has 1 aromatic rings. The molecule has 1 aromatic carbocycles. The molecular formula is C16H22F2N2O3. The highest BCUT2D eigenvalue weighted by atomic mass is 19.3. The fraction of sp³-hybridized carbons (Fsp3) is 0.562. The van der Waals surface area contributed by atoms with Gasteiger partial charge < -0.3 is 19.7 Å². The molecule has 23 heavy (non-hydrogen) atoms. The number of halogens is 2. The van der Waals surface area contributed by atoms with Gasteiger partial charge in [0, 0.05) is 20.2 Å². The summed E-state index contributed by atoms with van der Waals surface area (Å²) < 4.78 is 34.0. The van der Waals surface area contributed by atoms with E-state index in [9.17, 15) is 13.6 Å². The predicted molar refractivity (Wildman–Crippen MR) is 81.5 cm³/mol. The minimum Gasteiger partial charge on any atom is -0.435 e. The van der Waals surface area contributed by atoms with E-state index in [1.54, 1.807) is 19.2 Å². The maximum absolute atomic E-state index is 12.2. The van der Waals surface area contributed by atoms with Gasteiger partial charge in [-0.2, -0.15) is 8.78 Å². The van der Waals surface area contributed by atoms with Gasteiger partial charge in [0.1, 0.15) is 5.75 Å². The Kier molecular flexibility index (Phi) is 6.15. The molecule has 0 bridgehead atoms. The zero-order valence-electron chi connectivity index (χ0n) is 13.3. The number of carbonyl (C=O) groups excluding carboxylic acids is 1. The van der Waals surface area contributed by atoms with Crippen molar-refractivity contribution in [3.05, 3.63) is 29.8 Å². The maximum atomic E-state index is 12.2. The van der Waals surface area contributed by atoms with E-state index < -0.39 is 6.61 Å². The van der Waals surface area contributed by atoms with Gasteiger partial charge in [0.2, 0.25) is 0 Å². The monoisotopic (exact) mass is 328 g/mol. The summed E-state index contributed by atoms with van der Waals surface area (Å²) in [6, 6.07) is 6.00. The molecule has 1 heterocycles. The number of hydrogen-bond acceptors (Lipinski definition) is 3. The Balaban J connectivity index is 1.82. The van der Waals surface area contributed by atoms with Crippen molar-refractivity contribution in [2.24, 2.45) is 0 Å². The van der Waals surface area contributed by atoms with Crippen molar-refractivity contribution >= 4 is 6.03 Å². The Bertz CT molecular complexity index is 505. The molecule has 0 spiro atoms. The lowest BCUT2D eigenvalue weighted by molar-refractivity contribution is -0.0498. The molecule has 2 atom stereocenters. The van der Waals surface area contributed by atoms with Crippen LogP contribution in [0.5, 0.6) is 5.75 Å². The zero-order chi connectivity index (χ0) is 16.8. The fourth-order valence-electron chi connectivity index (χ4n) is 2.52. The molecule has 1 aliphatic heterocycles. The summed E-state index contributed by atoms with van der Waals surface area (Å²) in [6.45, 7) is 0.207. The maximum Gasteiger partial charge on any atom is 0.387 e. The summed E-state index contributed by atoms with van der Waals surface area (Å²) in [5, 5.41) is 2.92. The average molecular weight is 328 g/mol. The summed E-state index contributed by atoms with van der Waals surface area (Å²) in [6.07, 6.45) is 2.04. The lowest BCUT2D eigenvalue weighted by Gasteiger charge is -2.24.